The highest BCUT2D eigenvalue weighted by atomic mass is 35.5. The molecule has 0 aliphatic carbocycles. The van der Waals surface area contributed by atoms with E-state index in [0.29, 0.717) is 23.8 Å². The van der Waals surface area contributed by atoms with Gasteiger partial charge in [0.25, 0.3) is 5.91 Å². The van der Waals surface area contributed by atoms with Crippen LogP contribution in [0.5, 0.6) is 5.75 Å². The molecular weight excluding hydrogens is 362 g/mol. The third kappa shape index (κ3) is 3.42. The van der Waals surface area contributed by atoms with Crippen molar-refractivity contribution in [1.82, 2.24) is 0 Å². The van der Waals surface area contributed by atoms with E-state index in [9.17, 15) is 4.79 Å². The van der Waals surface area contributed by atoms with Gasteiger partial charge in [0.05, 0.1) is 12.3 Å². The quantitative estimate of drug-likeness (QED) is 0.500. The third-order valence-electron chi connectivity index (χ3n) is 4.53. The lowest BCUT2D eigenvalue weighted by Crippen LogP contribution is -2.05. The van der Waals surface area contributed by atoms with E-state index in [2.05, 4.69) is 5.32 Å². The summed E-state index contributed by atoms with van der Waals surface area (Å²) in [5, 5.41) is 5.49. The van der Waals surface area contributed by atoms with Crippen LogP contribution < -0.4 is 10.1 Å². The first-order chi connectivity index (χ1) is 13.2. The van der Waals surface area contributed by atoms with Crippen molar-refractivity contribution in [3.8, 4) is 5.75 Å². The molecule has 1 heterocycles. The van der Waals surface area contributed by atoms with E-state index < -0.39 is 0 Å². The second-order valence-electron chi connectivity index (χ2n) is 6.24. The average Bonchev–Trinajstić information content (AvgIpc) is 2.98. The molecule has 5 heteroatoms. The Labute approximate surface area is 162 Å². The Balaban J connectivity index is 1.78. The molecule has 0 saturated carbocycles. The van der Waals surface area contributed by atoms with Crippen molar-refractivity contribution < 1.29 is 14.3 Å². The minimum Gasteiger partial charge on any atom is -0.491 e. The molecule has 27 heavy (non-hydrogen) atoms. The lowest BCUT2D eigenvalue weighted by Gasteiger charge is -2.11. The van der Waals surface area contributed by atoms with Crippen LogP contribution in [0.25, 0.3) is 22.4 Å². The summed E-state index contributed by atoms with van der Waals surface area (Å²) >= 11 is 6.03. The second-order valence-corrected chi connectivity index (χ2v) is 6.68. The molecule has 1 amide bonds. The van der Waals surface area contributed by atoms with Crippen LogP contribution in [0.2, 0.25) is 5.02 Å². The van der Waals surface area contributed by atoms with Gasteiger partial charge in [0.15, 0.2) is 0 Å². The van der Waals surface area contributed by atoms with Crippen LogP contribution in [0.3, 0.4) is 0 Å². The Bertz CT molecular complexity index is 1060. The summed E-state index contributed by atoms with van der Waals surface area (Å²) in [5.74, 6) is 0.671. The molecule has 1 N–H and O–H groups in total. The van der Waals surface area contributed by atoms with Gasteiger partial charge < -0.3 is 14.8 Å². The smallest absolute Gasteiger partial charge is 0.256 e. The van der Waals surface area contributed by atoms with Crippen LogP contribution in [0.1, 0.15) is 11.1 Å². The van der Waals surface area contributed by atoms with Gasteiger partial charge in [-0.15, -0.1) is 0 Å². The molecule has 0 saturated heterocycles. The van der Waals surface area contributed by atoms with Gasteiger partial charge in [0, 0.05) is 28.7 Å². The zero-order valence-electron chi connectivity index (χ0n) is 14.8. The van der Waals surface area contributed by atoms with Gasteiger partial charge >= 0.3 is 0 Å². The maximum absolute atomic E-state index is 12.5. The maximum atomic E-state index is 12.5. The van der Waals surface area contributed by atoms with E-state index in [0.717, 1.165) is 33.3 Å². The number of hydrogen-bond acceptors (Lipinski definition) is 3. The molecule has 3 aromatic carbocycles. The topological polar surface area (TPSA) is 47.6 Å². The van der Waals surface area contributed by atoms with Gasteiger partial charge in [-0.25, -0.2) is 0 Å². The largest absolute Gasteiger partial charge is 0.491 e. The number of rotatable bonds is 5. The number of carbonyl (C=O) groups excluding carboxylic acids is 1. The third-order valence-corrected chi connectivity index (χ3v) is 4.76. The minimum atomic E-state index is -0.128. The molecule has 3 aromatic rings. The van der Waals surface area contributed by atoms with Crippen LogP contribution in [0.4, 0.5) is 5.69 Å². The summed E-state index contributed by atoms with van der Waals surface area (Å²) in [6, 6.07) is 17.3. The number of benzene rings is 3. The maximum Gasteiger partial charge on any atom is 0.256 e. The summed E-state index contributed by atoms with van der Waals surface area (Å²) in [6.07, 6.45) is 1.91. The molecule has 4 rings (SSSR count). The molecule has 0 spiro atoms. The van der Waals surface area contributed by atoms with Gasteiger partial charge in [-0.2, -0.15) is 0 Å². The van der Waals surface area contributed by atoms with Crippen molar-refractivity contribution in [2.24, 2.45) is 0 Å². The number of halogens is 1. The van der Waals surface area contributed by atoms with Crippen molar-refractivity contribution in [3.05, 3.63) is 70.7 Å². The highest BCUT2D eigenvalue weighted by Gasteiger charge is 2.24. The second kappa shape index (κ2) is 7.43. The Morgan fingerprint density at radius 2 is 1.85 bits per heavy atom. The predicted octanol–water partition coefficient (Wildman–Crippen LogP) is 5.01. The van der Waals surface area contributed by atoms with Gasteiger partial charge in [0.1, 0.15) is 12.4 Å². The molecule has 1 aliphatic rings. The molecule has 0 radical (unpaired) electrons. The Kier molecular flexibility index (Phi) is 4.84. The fourth-order valence-corrected chi connectivity index (χ4v) is 3.42. The summed E-state index contributed by atoms with van der Waals surface area (Å²) < 4.78 is 10.9. The molecular formula is C22H18ClNO3. The zero-order valence-corrected chi connectivity index (χ0v) is 15.5. The van der Waals surface area contributed by atoms with Gasteiger partial charge in [-0.05, 0) is 35.2 Å². The van der Waals surface area contributed by atoms with Crippen LogP contribution in [-0.2, 0) is 9.53 Å². The minimum absolute atomic E-state index is 0.128. The number of amides is 1. The number of methoxy groups -OCH3 is 1. The fraction of sp³-hybridized carbons (Fsp3) is 0.136. The molecule has 136 valence electrons. The fourth-order valence-electron chi connectivity index (χ4n) is 3.25. The standard InChI is InChI=1S/C22H18ClNO3/c1-26-10-11-27-21-9-6-14(16-4-2-3-5-18(16)21)12-19-17-8-7-15(23)13-20(17)24-22(19)25/h2-9,12-13H,10-11H2,1H3,(H,24,25)/b19-12+. The van der Waals surface area contributed by atoms with Crippen molar-refractivity contribution in [2.75, 3.05) is 25.6 Å². The number of ether oxygens (including phenoxy) is 2. The van der Waals surface area contributed by atoms with Gasteiger partial charge in [0.2, 0.25) is 0 Å². The summed E-state index contributed by atoms with van der Waals surface area (Å²) in [4.78, 5) is 12.5. The molecule has 1 aliphatic heterocycles. The Hall–Kier alpha value is -2.82. The van der Waals surface area contributed by atoms with Crippen molar-refractivity contribution >= 4 is 45.6 Å². The molecule has 4 nitrogen and oxygen atoms in total. The Morgan fingerprint density at radius 1 is 1.04 bits per heavy atom. The van der Waals surface area contributed by atoms with E-state index >= 15 is 0 Å². The van der Waals surface area contributed by atoms with Gasteiger partial charge in [-0.3, -0.25) is 4.79 Å². The van der Waals surface area contributed by atoms with E-state index in [1.54, 1.807) is 19.2 Å². The summed E-state index contributed by atoms with van der Waals surface area (Å²) in [7, 11) is 1.65. The molecule has 0 aromatic heterocycles. The van der Waals surface area contributed by atoms with Crippen molar-refractivity contribution in [3.63, 3.8) is 0 Å². The van der Waals surface area contributed by atoms with E-state index in [1.165, 1.54) is 0 Å². The van der Waals surface area contributed by atoms with Crippen LogP contribution in [0.15, 0.2) is 54.6 Å². The van der Waals surface area contributed by atoms with Crippen LogP contribution in [0, 0.1) is 0 Å². The SMILES string of the molecule is COCCOc1ccc(/C=C2/C(=O)Nc3cc(Cl)ccc32)c2ccccc12. The van der Waals surface area contributed by atoms with Crippen molar-refractivity contribution in [1.29, 1.82) is 0 Å². The first kappa shape index (κ1) is 17.6. The normalized spacial score (nSPS) is 14.4. The first-order valence-electron chi connectivity index (χ1n) is 8.64. The molecule has 0 unspecified atom stereocenters. The zero-order chi connectivity index (χ0) is 18.8. The van der Waals surface area contributed by atoms with Gasteiger partial charge in [-0.1, -0.05) is 48.0 Å². The predicted molar refractivity (Wildman–Crippen MR) is 109 cm³/mol. The lowest BCUT2D eigenvalue weighted by molar-refractivity contribution is -0.110. The van der Waals surface area contributed by atoms with E-state index in [-0.39, 0.29) is 5.91 Å². The van der Waals surface area contributed by atoms with Crippen molar-refractivity contribution in [2.45, 2.75) is 0 Å². The van der Waals surface area contributed by atoms with Crippen LogP contribution >= 0.6 is 11.6 Å². The number of hydrogen-bond donors (Lipinski definition) is 1. The van der Waals surface area contributed by atoms with E-state index in [4.69, 9.17) is 21.1 Å². The lowest BCUT2D eigenvalue weighted by atomic mass is 9.99. The highest BCUT2D eigenvalue weighted by molar-refractivity contribution is 6.37. The molecule has 0 atom stereocenters. The van der Waals surface area contributed by atoms with E-state index in [1.807, 2.05) is 48.5 Å². The highest BCUT2D eigenvalue weighted by Crippen LogP contribution is 2.37. The summed E-state index contributed by atoms with van der Waals surface area (Å²) in [5.41, 5.74) is 3.17. The number of nitrogens with one attached hydrogen (secondary N) is 1. The molecule has 0 fully saturated rings. The Morgan fingerprint density at radius 3 is 2.67 bits per heavy atom. The average molecular weight is 380 g/mol. The monoisotopic (exact) mass is 379 g/mol. The number of fused-ring (bicyclic) bond motifs is 2. The summed E-state index contributed by atoms with van der Waals surface area (Å²) in [6.45, 7) is 1.01. The van der Waals surface area contributed by atoms with Crippen LogP contribution in [-0.4, -0.2) is 26.2 Å². The number of carbonyl (C=O) groups is 1. The molecule has 0 bridgehead atoms. The first-order valence-corrected chi connectivity index (χ1v) is 9.01. The number of anilines is 1.